The number of ether oxygens (including phenoxy) is 4. The monoisotopic (exact) mass is 659 g/mol. The Morgan fingerprint density at radius 2 is 1.77 bits per heavy atom. The van der Waals surface area contributed by atoms with Gasteiger partial charge in [-0.25, -0.2) is 0 Å². The van der Waals surface area contributed by atoms with Crippen molar-refractivity contribution in [3.05, 3.63) is 83.4 Å². The highest BCUT2D eigenvalue weighted by Crippen LogP contribution is 2.33. The third-order valence-corrected chi connectivity index (χ3v) is 8.92. The van der Waals surface area contributed by atoms with Gasteiger partial charge in [-0.1, -0.05) is 43.3 Å². The molecule has 2 N–H and O–H groups in total. The maximum Gasteiger partial charge on any atom is 0.258 e. The number of aliphatic hydroxyl groups is 1. The molecule has 2 heterocycles. The smallest absolute Gasteiger partial charge is 0.258 e. The van der Waals surface area contributed by atoms with Gasteiger partial charge in [0.1, 0.15) is 5.75 Å². The molecule has 0 radical (unpaired) electrons. The van der Waals surface area contributed by atoms with E-state index < -0.39 is 6.04 Å². The Balaban J connectivity index is 1.36. The van der Waals surface area contributed by atoms with Crippen molar-refractivity contribution in [1.29, 1.82) is 0 Å². The molecule has 2 amide bonds. The van der Waals surface area contributed by atoms with E-state index in [-0.39, 0.29) is 49.8 Å². The van der Waals surface area contributed by atoms with Crippen LogP contribution in [0, 0.1) is 5.92 Å². The third kappa shape index (κ3) is 9.49. The Hall–Kier alpha value is -4.12. The number of nitrogens with one attached hydrogen (secondary N) is 1. The summed E-state index contributed by atoms with van der Waals surface area (Å²) in [4.78, 5) is 31.2. The van der Waals surface area contributed by atoms with E-state index in [1.165, 1.54) is 0 Å². The number of rotatable bonds is 9. The highest BCUT2D eigenvalue weighted by Gasteiger charge is 2.30. The van der Waals surface area contributed by atoms with Crippen LogP contribution in [0.1, 0.15) is 61.5 Å². The summed E-state index contributed by atoms with van der Waals surface area (Å²) in [5, 5.41) is 13.2. The largest absolute Gasteiger partial charge is 0.490 e. The first-order valence-electron chi connectivity index (χ1n) is 16.9. The maximum atomic E-state index is 14.4. The van der Waals surface area contributed by atoms with E-state index in [2.05, 4.69) is 24.2 Å². The van der Waals surface area contributed by atoms with Gasteiger partial charge < -0.3 is 34.3 Å². The molecule has 3 aromatic carbocycles. The third-order valence-electron chi connectivity index (χ3n) is 8.92. The highest BCUT2D eigenvalue weighted by atomic mass is 16.7. The predicted molar refractivity (Wildman–Crippen MR) is 185 cm³/mol. The van der Waals surface area contributed by atoms with Gasteiger partial charge in [0.15, 0.2) is 11.5 Å². The first kappa shape index (κ1) is 35.2. The van der Waals surface area contributed by atoms with Gasteiger partial charge in [-0.2, -0.15) is 0 Å². The quantitative estimate of drug-likeness (QED) is 0.309. The van der Waals surface area contributed by atoms with Crippen LogP contribution in [0.5, 0.6) is 17.2 Å². The molecule has 2 aliphatic heterocycles. The Morgan fingerprint density at radius 1 is 1.00 bits per heavy atom. The molecule has 0 aromatic heterocycles. The second kappa shape index (κ2) is 16.8. The summed E-state index contributed by atoms with van der Waals surface area (Å²) in [5.74, 6) is 1.48. The number of amides is 2. The minimum atomic E-state index is -0.457. The zero-order chi connectivity index (χ0) is 34.0. The van der Waals surface area contributed by atoms with E-state index in [1.54, 1.807) is 23.1 Å². The number of aliphatic hydroxyl groups excluding tert-OH is 1. The van der Waals surface area contributed by atoms with Crippen LogP contribution >= 0.6 is 0 Å². The lowest BCUT2D eigenvalue weighted by atomic mass is 10.0. The number of anilines is 1. The molecular weight excluding hydrogens is 610 g/mol. The van der Waals surface area contributed by atoms with Gasteiger partial charge in [-0.05, 0) is 81.6 Å². The molecule has 0 fully saturated rings. The zero-order valence-electron chi connectivity index (χ0n) is 28.5. The number of hydrogen-bond donors (Lipinski definition) is 2. The van der Waals surface area contributed by atoms with Crippen LogP contribution in [0.3, 0.4) is 0 Å². The normalized spacial score (nSPS) is 20.8. The van der Waals surface area contributed by atoms with Gasteiger partial charge in [-0.3, -0.25) is 14.5 Å². The number of hydrogen-bond acceptors (Lipinski definition) is 8. The first-order chi connectivity index (χ1) is 23.2. The fourth-order valence-electron chi connectivity index (χ4n) is 6.17. The van der Waals surface area contributed by atoms with E-state index in [0.29, 0.717) is 43.2 Å². The average Bonchev–Trinajstić information content (AvgIpc) is 3.54. The van der Waals surface area contributed by atoms with Gasteiger partial charge in [0, 0.05) is 37.8 Å². The van der Waals surface area contributed by atoms with Crippen molar-refractivity contribution in [2.45, 2.75) is 71.2 Å². The summed E-state index contributed by atoms with van der Waals surface area (Å²) in [6, 6.07) is 20.3. The van der Waals surface area contributed by atoms with E-state index >= 15 is 0 Å². The summed E-state index contributed by atoms with van der Waals surface area (Å²) < 4.78 is 23.9. The lowest BCUT2D eigenvalue weighted by molar-refractivity contribution is -0.115. The minimum absolute atomic E-state index is 0.0536. The summed E-state index contributed by atoms with van der Waals surface area (Å²) in [7, 11) is 2.06. The molecule has 0 saturated carbocycles. The van der Waals surface area contributed by atoms with Crippen LogP contribution in [0.25, 0.3) is 0 Å². The SMILES string of the molecule is C[C@@H]1CCCCO[C@@H](CN(C)Cc2ccc3c(c2)OCO3)[C@@H](C)CN([C@@H](C)CO)C(=O)c2cc(NC(=O)Cc3ccccc3)ccc2O1. The molecule has 0 saturated heterocycles. The van der Waals surface area contributed by atoms with Crippen molar-refractivity contribution in [3.63, 3.8) is 0 Å². The molecule has 5 rings (SSSR count). The zero-order valence-corrected chi connectivity index (χ0v) is 28.5. The molecule has 258 valence electrons. The maximum absolute atomic E-state index is 14.4. The van der Waals surface area contributed by atoms with Crippen LogP contribution in [0.2, 0.25) is 0 Å². The van der Waals surface area contributed by atoms with E-state index in [1.807, 2.05) is 62.4 Å². The van der Waals surface area contributed by atoms with Gasteiger partial charge in [0.2, 0.25) is 12.7 Å². The molecule has 0 unspecified atom stereocenters. The number of benzene rings is 3. The standard InChI is InChI=1S/C38H49N3O7/c1-26-21-41(27(2)24-42)38(44)32-20-31(39-37(43)19-29-11-6-5-7-12-29)14-16-33(32)48-28(3)10-8-9-17-45-36(26)23-40(4)22-30-13-15-34-35(18-30)47-25-46-34/h5-7,11-16,18,20,26-28,36,42H,8-10,17,19,21-25H2,1-4H3,(H,39,43)/t26-,27-,28+,36-/m0/s1. The molecule has 3 aromatic rings. The Bertz CT molecular complexity index is 1520. The van der Waals surface area contributed by atoms with Crippen LogP contribution in [0.4, 0.5) is 5.69 Å². The lowest BCUT2D eigenvalue weighted by Gasteiger charge is -2.36. The molecule has 4 atom stereocenters. The van der Waals surface area contributed by atoms with Gasteiger partial charge in [-0.15, -0.1) is 0 Å². The Labute approximate surface area is 283 Å². The average molecular weight is 660 g/mol. The minimum Gasteiger partial charge on any atom is -0.490 e. The van der Waals surface area contributed by atoms with Gasteiger partial charge >= 0.3 is 0 Å². The van der Waals surface area contributed by atoms with Crippen LogP contribution in [0.15, 0.2) is 66.7 Å². The van der Waals surface area contributed by atoms with Crippen molar-refractivity contribution in [1.82, 2.24) is 9.80 Å². The fraction of sp³-hybridized carbons (Fsp3) is 0.474. The second-order valence-corrected chi connectivity index (χ2v) is 13.1. The molecule has 10 heteroatoms. The number of nitrogens with zero attached hydrogens (tertiary/aromatic N) is 2. The van der Waals surface area contributed by atoms with Gasteiger partial charge in [0.25, 0.3) is 5.91 Å². The van der Waals surface area contributed by atoms with Gasteiger partial charge in [0.05, 0.1) is 36.8 Å². The van der Waals surface area contributed by atoms with Crippen molar-refractivity contribution in [3.8, 4) is 17.2 Å². The Kier molecular flexibility index (Phi) is 12.3. The Morgan fingerprint density at radius 3 is 2.56 bits per heavy atom. The van der Waals surface area contributed by atoms with Crippen molar-refractivity contribution >= 4 is 17.5 Å². The highest BCUT2D eigenvalue weighted by molar-refractivity contribution is 6.00. The van der Waals surface area contributed by atoms with Crippen LogP contribution < -0.4 is 19.5 Å². The number of fused-ring (bicyclic) bond motifs is 2. The predicted octanol–water partition coefficient (Wildman–Crippen LogP) is 5.52. The van der Waals surface area contributed by atoms with Crippen molar-refractivity contribution < 1.29 is 33.6 Å². The number of carbonyl (C=O) groups excluding carboxylic acids is 2. The molecule has 48 heavy (non-hydrogen) atoms. The number of likely N-dealkylation sites (N-methyl/N-ethyl adjacent to an activating group) is 1. The molecular formula is C38H49N3O7. The van der Waals surface area contributed by atoms with Crippen molar-refractivity contribution in [2.75, 3.05) is 45.5 Å². The summed E-state index contributed by atoms with van der Waals surface area (Å²) >= 11 is 0. The first-order valence-corrected chi connectivity index (χ1v) is 16.9. The van der Waals surface area contributed by atoms with Crippen LogP contribution in [-0.4, -0.2) is 85.1 Å². The summed E-state index contributed by atoms with van der Waals surface area (Å²) in [5.41, 5.74) is 2.87. The molecule has 10 nitrogen and oxygen atoms in total. The summed E-state index contributed by atoms with van der Waals surface area (Å²) in [6.45, 7) is 8.28. The molecule has 2 aliphatic rings. The summed E-state index contributed by atoms with van der Waals surface area (Å²) in [6.07, 6.45) is 2.52. The van der Waals surface area contributed by atoms with Crippen LogP contribution in [-0.2, 0) is 22.5 Å². The van der Waals surface area contributed by atoms with E-state index in [4.69, 9.17) is 18.9 Å². The number of carbonyl (C=O) groups is 2. The van der Waals surface area contributed by atoms with E-state index in [0.717, 1.165) is 41.9 Å². The lowest BCUT2D eigenvalue weighted by Crippen LogP contribution is -2.47. The van der Waals surface area contributed by atoms with E-state index in [9.17, 15) is 14.7 Å². The second-order valence-electron chi connectivity index (χ2n) is 13.1. The molecule has 0 bridgehead atoms. The molecule has 0 spiro atoms. The fourth-order valence-corrected chi connectivity index (χ4v) is 6.17. The van der Waals surface area contributed by atoms with Crippen molar-refractivity contribution in [2.24, 2.45) is 5.92 Å². The molecule has 0 aliphatic carbocycles. The topological polar surface area (TPSA) is 110 Å².